The molecule has 0 amide bonds. The average molecular weight is 397 g/mol. The van der Waals surface area contributed by atoms with Crippen LogP contribution in [-0.4, -0.2) is 34.2 Å². The molecule has 1 aromatic heterocycles. The number of hydrogen-bond donors (Lipinski definition) is 1. The highest BCUT2D eigenvalue weighted by molar-refractivity contribution is 6.33. The van der Waals surface area contributed by atoms with Crippen molar-refractivity contribution in [2.24, 2.45) is 17.3 Å². The Kier molecular flexibility index (Phi) is 4.60. The number of alkyl halides is 3. The van der Waals surface area contributed by atoms with Crippen LogP contribution in [0.3, 0.4) is 0 Å². The molecule has 1 unspecified atom stereocenters. The second-order valence-electron chi connectivity index (χ2n) is 7.12. The van der Waals surface area contributed by atoms with Gasteiger partial charge in [-0.1, -0.05) is 0 Å². The molecule has 0 saturated heterocycles. The third-order valence-electron chi connectivity index (χ3n) is 5.38. The Hall–Kier alpha value is -2.71. The molecular weight excluding hydrogens is 379 g/mol. The molecule has 28 heavy (non-hydrogen) atoms. The third-order valence-corrected chi connectivity index (χ3v) is 5.38. The summed E-state index contributed by atoms with van der Waals surface area (Å²) in [5.74, 6) is -4.16. The number of ketones is 2. The lowest BCUT2D eigenvalue weighted by Crippen LogP contribution is -2.46. The Labute approximate surface area is 158 Å². The number of pyridine rings is 1. The summed E-state index contributed by atoms with van der Waals surface area (Å²) in [4.78, 5) is 41.4. The van der Waals surface area contributed by atoms with Crippen molar-refractivity contribution < 1.29 is 37.4 Å². The van der Waals surface area contributed by atoms with Crippen molar-refractivity contribution in [1.29, 1.82) is 0 Å². The standard InChI is InChI=1S/C19H18F3NO5/c1-4-28-17(27)18(3)11-7-10(11)15(25)13(16(18)26)14(24)9-5-6-12(19(20,21)22)23-8(9)2/h5-6,10-11,24H,4,7H2,1-3H3/b14-13+/t10-,11-,18?/m1/s1. The molecule has 0 spiro atoms. The molecule has 6 nitrogen and oxygen atoms in total. The predicted molar refractivity (Wildman–Crippen MR) is 89.9 cm³/mol. The van der Waals surface area contributed by atoms with Gasteiger partial charge in [0.25, 0.3) is 0 Å². The normalized spacial score (nSPS) is 28.6. The van der Waals surface area contributed by atoms with Crippen LogP contribution >= 0.6 is 0 Å². The van der Waals surface area contributed by atoms with Gasteiger partial charge >= 0.3 is 12.1 Å². The molecule has 1 aromatic rings. The third kappa shape index (κ3) is 2.89. The molecule has 1 N–H and O–H groups in total. The lowest BCUT2D eigenvalue weighted by molar-refractivity contribution is -0.160. The highest BCUT2D eigenvalue weighted by Gasteiger charge is 2.67. The molecule has 3 rings (SSSR count). The first-order valence-corrected chi connectivity index (χ1v) is 8.69. The van der Waals surface area contributed by atoms with Crippen molar-refractivity contribution in [1.82, 2.24) is 4.98 Å². The Morgan fingerprint density at radius 2 is 2.00 bits per heavy atom. The maximum atomic E-state index is 13.0. The summed E-state index contributed by atoms with van der Waals surface area (Å²) in [6.07, 6.45) is -4.37. The fourth-order valence-corrected chi connectivity index (χ4v) is 3.70. The van der Waals surface area contributed by atoms with Crippen LogP contribution in [0.4, 0.5) is 13.2 Å². The molecular formula is C19H18F3NO5. The van der Waals surface area contributed by atoms with Gasteiger partial charge in [0.2, 0.25) is 0 Å². The summed E-state index contributed by atoms with van der Waals surface area (Å²) in [6, 6.07) is 1.61. The highest BCUT2D eigenvalue weighted by Crippen LogP contribution is 2.58. The fourth-order valence-electron chi connectivity index (χ4n) is 3.70. The van der Waals surface area contributed by atoms with Gasteiger partial charge in [-0.2, -0.15) is 13.2 Å². The van der Waals surface area contributed by atoms with Crippen molar-refractivity contribution in [2.75, 3.05) is 6.61 Å². The zero-order valence-electron chi connectivity index (χ0n) is 15.4. The Morgan fingerprint density at radius 3 is 2.54 bits per heavy atom. The van der Waals surface area contributed by atoms with Crippen LogP contribution in [0.2, 0.25) is 0 Å². The minimum absolute atomic E-state index is 0.0417. The number of nitrogens with zero attached hydrogens (tertiary/aromatic N) is 1. The first-order valence-electron chi connectivity index (χ1n) is 8.69. The van der Waals surface area contributed by atoms with Gasteiger partial charge in [-0.25, -0.2) is 4.98 Å². The van der Waals surface area contributed by atoms with Gasteiger partial charge in [0.05, 0.1) is 6.61 Å². The van der Waals surface area contributed by atoms with E-state index in [4.69, 9.17) is 4.74 Å². The Bertz CT molecular complexity index is 921. The lowest BCUT2D eigenvalue weighted by atomic mass is 9.70. The molecule has 0 bridgehead atoms. The molecule has 2 fully saturated rings. The smallest absolute Gasteiger partial charge is 0.433 e. The number of ether oxygens (including phenoxy) is 1. The number of aromatic nitrogens is 1. The first-order chi connectivity index (χ1) is 12.9. The zero-order chi connectivity index (χ0) is 21.0. The van der Waals surface area contributed by atoms with Crippen LogP contribution in [0.1, 0.15) is 37.2 Å². The van der Waals surface area contributed by atoms with E-state index in [-0.39, 0.29) is 17.9 Å². The van der Waals surface area contributed by atoms with Crippen molar-refractivity contribution in [3.63, 3.8) is 0 Å². The summed E-state index contributed by atoms with van der Waals surface area (Å²) < 4.78 is 43.4. The van der Waals surface area contributed by atoms with E-state index in [1.54, 1.807) is 6.92 Å². The van der Waals surface area contributed by atoms with Gasteiger partial charge in [-0.15, -0.1) is 0 Å². The van der Waals surface area contributed by atoms with Crippen molar-refractivity contribution >= 4 is 23.3 Å². The number of rotatable bonds is 3. The SMILES string of the molecule is CCOC(=O)C1(C)C(=O)/C(=C(/O)c2ccc(C(F)(F)F)nc2C)C(=O)[C@@H]2C[C@H]21. The monoisotopic (exact) mass is 397 g/mol. The van der Waals surface area contributed by atoms with Crippen LogP contribution in [0.25, 0.3) is 5.76 Å². The number of carbonyl (C=O) groups excluding carboxylic acids is 3. The molecule has 3 atom stereocenters. The molecule has 1 heterocycles. The van der Waals surface area contributed by atoms with E-state index >= 15 is 0 Å². The van der Waals surface area contributed by atoms with Crippen molar-refractivity contribution in [3.05, 3.63) is 34.7 Å². The summed E-state index contributed by atoms with van der Waals surface area (Å²) in [5, 5.41) is 10.6. The summed E-state index contributed by atoms with van der Waals surface area (Å²) in [5.41, 5.74) is -3.73. The summed E-state index contributed by atoms with van der Waals surface area (Å²) in [6.45, 7) is 4.22. The summed E-state index contributed by atoms with van der Waals surface area (Å²) >= 11 is 0. The van der Waals surface area contributed by atoms with E-state index in [0.717, 1.165) is 6.07 Å². The second-order valence-corrected chi connectivity index (χ2v) is 7.12. The van der Waals surface area contributed by atoms with E-state index in [9.17, 15) is 32.7 Å². The van der Waals surface area contributed by atoms with Crippen LogP contribution < -0.4 is 0 Å². The number of hydrogen-bond acceptors (Lipinski definition) is 6. The number of carbonyl (C=O) groups is 3. The minimum Gasteiger partial charge on any atom is -0.506 e. The highest BCUT2D eigenvalue weighted by atomic mass is 19.4. The molecule has 2 saturated carbocycles. The van der Waals surface area contributed by atoms with Crippen molar-refractivity contribution in [2.45, 2.75) is 33.4 Å². The Morgan fingerprint density at radius 1 is 1.36 bits per heavy atom. The summed E-state index contributed by atoms with van der Waals surface area (Å²) in [7, 11) is 0. The molecule has 0 radical (unpaired) electrons. The quantitative estimate of drug-likeness (QED) is 0.277. The van der Waals surface area contributed by atoms with Gasteiger partial charge in [-0.3, -0.25) is 14.4 Å². The van der Waals surface area contributed by atoms with Crippen LogP contribution in [0.15, 0.2) is 17.7 Å². The van der Waals surface area contributed by atoms with E-state index < -0.39 is 58.0 Å². The van der Waals surface area contributed by atoms with Gasteiger partial charge in [0.15, 0.2) is 11.6 Å². The van der Waals surface area contributed by atoms with Gasteiger partial charge in [-0.05, 0) is 45.2 Å². The number of aliphatic hydroxyl groups excluding tert-OH is 1. The molecule has 0 aliphatic heterocycles. The molecule has 9 heteroatoms. The predicted octanol–water partition coefficient (Wildman–Crippen LogP) is 3.04. The van der Waals surface area contributed by atoms with Crippen LogP contribution in [-0.2, 0) is 25.3 Å². The maximum Gasteiger partial charge on any atom is 0.433 e. The molecule has 2 aliphatic carbocycles. The maximum absolute atomic E-state index is 13.0. The fraction of sp³-hybridized carbons (Fsp3) is 0.474. The van der Waals surface area contributed by atoms with Gasteiger partial charge in [0, 0.05) is 17.2 Å². The zero-order valence-corrected chi connectivity index (χ0v) is 15.4. The number of fused-ring (bicyclic) bond motifs is 1. The number of aliphatic hydroxyl groups is 1. The minimum atomic E-state index is -4.67. The number of aryl methyl sites for hydroxylation is 1. The van der Waals surface area contributed by atoms with E-state index in [1.165, 1.54) is 13.8 Å². The van der Waals surface area contributed by atoms with Gasteiger partial charge < -0.3 is 9.84 Å². The topological polar surface area (TPSA) is 93.6 Å². The molecule has 0 aromatic carbocycles. The van der Waals surface area contributed by atoms with Crippen LogP contribution in [0, 0.1) is 24.2 Å². The number of halogens is 3. The average Bonchev–Trinajstić information content (AvgIpc) is 3.40. The number of esters is 1. The van der Waals surface area contributed by atoms with E-state index in [2.05, 4.69) is 4.98 Å². The van der Waals surface area contributed by atoms with Crippen LogP contribution in [0.5, 0.6) is 0 Å². The molecule has 150 valence electrons. The largest absolute Gasteiger partial charge is 0.506 e. The number of Topliss-reactive ketones (excluding diaryl/α,β-unsaturated/α-hetero) is 2. The Balaban J connectivity index is 2.10. The van der Waals surface area contributed by atoms with Gasteiger partial charge in [0.1, 0.15) is 22.4 Å². The van der Waals surface area contributed by atoms with Crippen molar-refractivity contribution in [3.8, 4) is 0 Å². The lowest BCUT2D eigenvalue weighted by Gasteiger charge is -2.30. The molecule has 2 aliphatic rings. The van der Waals surface area contributed by atoms with E-state index in [0.29, 0.717) is 12.5 Å². The second kappa shape index (κ2) is 6.42. The first kappa shape index (κ1) is 20.0. The number of allylic oxidation sites excluding steroid dienone is 1. The van der Waals surface area contributed by atoms with E-state index in [1.807, 2.05) is 0 Å².